The Morgan fingerprint density at radius 1 is 1.08 bits per heavy atom. The first kappa shape index (κ1) is 19.8. The Morgan fingerprint density at radius 2 is 1.76 bits per heavy atom. The van der Waals surface area contributed by atoms with Crippen LogP contribution in [-0.2, 0) is 22.6 Å². The molecule has 8 heteroatoms. The van der Waals surface area contributed by atoms with Crippen molar-refractivity contribution in [3.8, 4) is 0 Å². The molecule has 0 radical (unpaired) electrons. The molecular weight excluding hydrogens is 375 g/mol. The fourth-order valence-electron chi connectivity index (χ4n) is 2.41. The van der Waals surface area contributed by atoms with E-state index in [4.69, 9.17) is 11.6 Å². The third-order valence-corrected chi connectivity index (χ3v) is 5.68. The number of halogens is 4. The van der Waals surface area contributed by atoms with E-state index in [9.17, 15) is 21.6 Å². The molecule has 0 aliphatic rings. The normalized spacial score (nSPS) is 12.4. The smallest absolute Gasteiger partial charge is 0.211 e. The van der Waals surface area contributed by atoms with Crippen molar-refractivity contribution in [1.82, 2.24) is 4.72 Å². The molecule has 0 unspecified atom stereocenters. The second kappa shape index (κ2) is 7.35. The zero-order valence-corrected chi connectivity index (χ0v) is 15.2. The third-order valence-electron chi connectivity index (χ3n) is 3.73. The summed E-state index contributed by atoms with van der Waals surface area (Å²) in [6, 6.07) is 8.02. The van der Waals surface area contributed by atoms with E-state index in [-0.39, 0.29) is 11.6 Å². The van der Waals surface area contributed by atoms with Gasteiger partial charge in [0.15, 0.2) is 0 Å². The van der Waals surface area contributed by atoms with Crippen molar-refractivity contribution >= 4 is 21.6 Å². The first-order chi connectivity index (χ1) is 11.5. The van der Waals surface area contributed by atoms with Crippen LogP contribution in [0.4, 0.5) is 13.2 Å². The zero-order chi connectivity index (χ0) is 18.8. The molecule has 0 fully saturated rings. The fraction of sp³-hybridized carbons (Fsp3) is 0.294. The number of benzene rings is 2. The summed E-state index contributed by atoms with van der Waals surface area (Å²) in [5.41, 5.74) is 2.02. The minimum Gasteiger partial charge on any atom is -0.211 e. The van der Waals surface area contributed by atoms with Gasteiger partial charge in [0, 0.05) is 6.54 Å². The maximum absolute atomic E-state index is 12.8. The maximum Gasteiger partial charge on any atom is 0.416 e. The average molecular weight is 392 g/mol. The van der Waals surface area contributed by atoms with Crippen molar-refractivity contribution < 1.29 is 21.6 Å². The molecule has 25 heavy (non-hydrogen) atoms. The summed E-state index contributed by atoms with van der Waals surface area (Å²) in [6.45, 7) is 3.93. The predicted molar refractivity (Wildman–Crippen MR) is 91.3 cm³/mol. The number of sulfonamides is 1. The highest BCUT2D eigenvalue weighted by molar-refractivity contribution is 7.89. The molecule has 0 atom stereocenters. The molecule has 0 amide bonds. The number of aryl methyl sites for hydroxylation is 2. The summed E-state index contributed by atoms with van der Waals surface area (Å²) in [7, 11) is -4.15. The number of nitrogens with one attached hydrogen (secondary N) is 1. The van der Waals surface area contributed by atoms with Crippen LogP contribution in [0.3, 0.4) is 0 Å². The van der Waals surface area contributed by atoms with Crippen molar-refractivity contribution in [1.29, 1.82) is 0 Å². The molecule has 2 aromatic rings. The number of alkyl halides is 3. The van der Waals surface area contributed by atoms with Gasteiger partial charge < -0.3 is 0 Å². The summed E-state index contributed by atoms with van der Waals surface area (Å²) in [5, 5.41) is -0.257. The molecule has 136 valence electrons. The van der Waals surface area contributed by atoms with Gasteiger partial charge in [0.25, 0.3) is 0 Å². The van der Waals surface area contributed by atoms with Crippen molar-refractivity contribution in [2.45, 2.75) is 31.3 Å². The zero-order valence-electron chi connectivity index (χ0n) is 13.6. The SMILES string of the molecule is Cc1ccc(CCNS(=O)(=O)c2cc(C(F)(F)F)ccc2Cl)c(C)c1. The highest BCUT2D eigenvalue weighted by Crippen LogP contribution is 2.33. The van der Waals surface area contributed by atoms with E-state index < -0.39 is 26.7 Å². The topological polar surface area (TPSA) is 46.2 Å². The first-order valence-corrected chi connectivity index (χ1v) is 9.29. The molecule has 0 saturated heterocycles. The van der Waals surface area contributed by atoms with Crippen LogP contribution in [-0.4, -0.2) is 15.0 Å². The van der Waals surface area contributed by atoms with Crippen molar-refractivity contribution in [3.05, 3.63) is 63.7 Å². The lowest BCUT2D eigenvalue weighted by Crippen LogP contribution is -2.26. The summed E-state index contributed by atoms with van der Waals surface area (Å²) in [6.07, 6.45) is -4.23. The molecule has 2 aromatic carbocycles. The lowest BCUT2D eigenvalue weighted by atomic mass is 10.0. The number of hydrogen-bond acceptors (Lipinski definition) is 2. The molecule has 0 aliphatic heterocycles. The Morgan fingerprint density at radius 3 is 2.36 bits per heavy atom. The van der Waals surface area contributed by atoms with E-state index in [2.05, 4.69) is 4.72 Å². The van der Waals surface area contributed by atoms with Crippen LogP contribution in [0.5, 0.6) is 0 Å². The molecule has 0 heterocycles. The van der Waals surface area contributed by atoms with Crippen molar-refractivity contribution in [3.63, 3.8) is 0 Å². The molecule has 0 bridgehead atoms. The van der Waals surface area contributed by atoms with E-state index in [1.165, 1.54) is 0 Å². The Hall–Kier alpha value is -1.57. The highest BCUT2D eigenvalue weighted by Gasteiger charge is 2.32. The fourth-order valence-corrected chi connectivity index (χ4v) is 3.97. The van der Waals surface area contributed by atoms with E-state index in [1.807, 2.05) is 32.0 Å². The van der Waals surface area contributed by atoms with Crippen LogP contribution in [0, 0.1) is 13.8 Å². The molecular formula is C17H17ClF3NO2S. The standard InChI is InChI=1S/C17H17ClF3NO2S/c1-11-3-4-13(12(2)9-11)7-8-22-25(23,24)16-10-14(17(19,20)21)5-6-15(16)18/h3-6,9-10,22H,7-8H2,1-2H3. The van der Waals surface area contributed by atoms with Gasteiger partial charge in [-0.3, -0.25) is 0 Å². The average Bonchev–Trinajstić information content (AvgIpc) is 2.48. The third kappa shape index (κ3) is 4.96. The van der Waals surface area contributed by atoms with Gasteiger partial charge in [-0.05, 0) is 49.6 Å². The van der Waals surface area contributed by atoms with E-state index in [0.29, 0.717) is 12.5 Å². The molecule has 1 N–H and O–H groups in total. The predicted octanol–water partition coefficient (Wildman–Crippen LogP) is 4.50. The molecule has 0 spiro atoms. The van der Waals surface area contributed by atoms with Crippen molar-refractivity contribution in [2.24, 2.45) is 0 Å². The minimum absolute atomic E-state index is 0.0544. The molecule has 0 aromatic heterocycles. The largest absolute Gasteiger partial charge is 0.416 e. The summed E-state index contributed by atoms with van der Waals surface area (Å²) in [4.78, 5) is -0.579. The quantitative estimate of drug-likeness (QED) is 0.815. The van der Waals surface area contributed by atoms with Gasteiger partial charge in [-0.25, -0.2) is 13.1 Å². The van der Waals surface area contributed by atoms with Crippen molar-refractivity contribution in [2.75, 3.05) is 6.54 Å². The van der Waals surface area contributed by atoms with Gasteiger partial charge in [-0.2, -0.15) is 13.2 Å². The molecule has 0 saturated carbocycles. The lowest BCUT2D eigenvalue weighted by Gasteiger charge is -2.12. The van der Waals surface area contributed by atoms with Crippen LogP contribution in [0.15, 0.2) is 41.3 Å². The van der Waals surface area contributed by atoms with Crippen LogP contribution in [0.2, 0.25) is 5.02 Å². The first-order valence-electron chi connectivity index (χ1n) is 7.43. The van der Waals surface area contributed by atoms with Crippen LogP contribution in [0.1, 0.15) is 22.3 Å². The van der Waals surface area contributed by atoms with Crippen LogP contribution >= 0.6 is 11.6 Å². The second-order valence-electron chi connectivity index (χ2n) is 5.72. The Bertz CT molecular complexity index is 880. The van der Waals surface area contributed by atoms with Crippen LogP contribution < -0.4 is 4.72 Å². The number of hydrogen-bond donors (Lipinski definition) is 1. The van der Waals surface area contributed by atoms with Gasteiger partial charge in [0.05, 0.1) is 10.6 Å². The van der Waals surface area contributed by atoms with Gasteiger partial charge in [-0.1, -0.05) is 35.4 Å². The molecule has 2 rings (SSSR count). The summed E-state index contributed by atoms with van der Waals surface area (Å²) < 4.78 is 65.2. The Balaban J connectivity index is 2.16. The van der Waals surface area contributed by atoms with Gasteiger partial charge in [0.1, 0.15) is 4.90 Å². The van der Waals surface area contributed by atoms with E-state index in [0.717, 1.165) is 28.8 Å². The maximum atomic E-state index is 12.8. The monoisotopic (exact) mass is 391 g/mol. The van der Waals surface area contributed by atoms with Crippen LogP contribution in [0.25, 0.3) is 0 Å². The molecule has 3 nitrogen and oxygen atoms in total. The Kier molecular flexibility index (Phi) is 5.81. The lowest BCUT2D eigenvalue weighted by molar-refractivity contribution is -0.137. The van der Waals surface area contributed by atoms with Gasteiger partial charge in [0.2, 0.25) is 10.0 Å². The minimum atomic E-state index is -4.64. The van der Waals surface area contributed by atoms with Gasteiger partial charge >= 0.3 is 6.18 Å². The van der Waals surface area contributed by atoms with Gasteiger partial charge in [-0.15, -0.1) is 0 Å². The second-order valence-corrected chi connectivity index (χ2v) is 7.86. The molecule has 0 aliphatic carbocycles. The Labute approximate surface area is 149 Å². The van der Waals surface area contributed by atoms with E-state index in [1.54, 1.807) is 0 Å². The summed E-state index contributed by atoms with van der Waals surface area (Å²) in [5.74, 6) is 0. The summed E-state index contributed by atoms with van der Waals surface area (Å²) >= 11 is 5.78. The highest BCUT2D eigenvalue weighted by atomic mass is 35.5. The number of rotatable bonds is 5. The van der Waals surface area contributed by atoms with E-state index >= 15 is 0 Å².